The molecule has 6 nitrogen and oxygen atoms in total. The number of halogens is 1. The molecule has 33 heavy (non-hydrogen) atoms. The third-order valence-corrected chi connectivity index (χ3v) is 7.79. The van der Waals surface area contributed by atoms with Crippen LogP contribution in [0.25, 0.3) is 11.8 Å². The fraction of sp³-hybridized carbons (Fsp3) is 0.385. The van der Waals surface area contributed by atoms with Crippen molar-refractivity contribution in [3.63, 3.8) is 0 Å². The molecule has 2 aromatic heterocycles. The molecule has 0 aliphatic heterocycles. The number of methoxy groups -OCH3 is 1. The maximum Gasteiger partial charge on any atom is 0.143 e. The summed E-state index contributed by atoms with van der Waals surface area (Å²) in [6.45, 7) is 2.15. The van der Waals surface area contributed by atoms with Crippen molar-refractivity contribution in [3.8, 4) is 11.4 Å². The summed E-state index contributed by atoms with van der Waals surface area (Å²) in [5.41, 5.74) is 3.79. The number of aliphatic hydroxyl groups excluding tert-OH is 2. The molecule has 7 heteroatoms. The number of fused-ring (bicyclic) bond motifs is 2. The third-order valence-electron chi connectivity index (χ3n) is 7.79. The van der Waals surface area contributed by atoms with Crippen LogP contribution in [0.15, 0.2) is 54.4 Å². The van der Waals surface area contributed by atoms with Crippen LogP contribution in [0.3, 0.4) is 0 Å². The normalized spacial score (nSPS) is 24.7. The molecule has 0 spiro atoms. The fourth-order valence-corrected chi connectivity index (χ4v) is 5.75. The number of pyridine rings is 1. The summed E-state index contributed by atoms with van der Waals surface area (Å²) >= 11 is 0. The molecular formula is C26H28FN3O3. The Balaban J connectivity index is 1.49. The van der Waals surface area contributed by atoms with E-state index in [9.17, 15) is 14.6 Å². The van der Waals surface area contributed by atoms with Crippen molar-refractivity contribution in [2.24, 2.45) is 10.8 Å². The topological polar surface area (TPSA) is 80.4 Å². The Morgan fingerprint density at radius 3 is 2.76 bits per heavy atom. The van der Waals surface area contributed by atoms with E-state index in [1.54, 1.807) is 37.6 Å². The van der Waals surface area contributed by atoms with Gasteiger partial charge in [-0.15, -0.1) is 0 Å². The number of hydrogen-bond donors (Lipinski definition) is 2. The Morgan fingerprint density at radius 1 is 1.24 bits per heavy atom. The first-order chi connectivity index (χ1) is 15.9. The number of allylic oxidation sites excluding steroid dienone is 1. The molecule has 2 aliphatic carbocycles. The molecule has 2 heterocycles. The van der Waals surface area contributed by atoms with Gasteiger partial charge in [0, 0.05) is 23.6 Å². The van der Waals surface area contributed by atoms with Crippen LogP contribution in [0.4, 0.5) is 4.39 Å². The second-order valence-electron chi connectivity index (χ2n) is 9.37. The van der Waals surface area contributed by atoms with Crippen LogP contribution in [0.2, 0.25) is 0 Å². The first-order valence-electron chi connectivity index (χ1n) is 11.2. The summed E-state index contributed by atoms with van der Waals surface area (Å²) in [5.74, 6) is 0.265. The largest absolute Gasteiger partial charge is 0.495 e. The van der Waals surface area contributed by atoms with Crippen molar-refractivity contribution < 1.29 is 19.3 Å². The number of nitrogens with zero attached hydrogens (tertiary/aromatic N) is 3. The van der Waals surface area contributed by atoms with Gasteiger partial charge in [-0.2, -0.15) is 5.10 Å². The van der Waals surface area contributed by atoms with Crippen LogP contribution >= 0.6 is 0 Å². The average Bonchev–Trinajstić information content (AvgIpc) is 3.35. The summed E-state index contributed by atoms with van der Waals surface area (Å²) in [7, 11) is 1.56. The molecule has 172 valence electrons. The molecule has 2 aliphatic rings. The standard InChI is InChI=1S/C26H28FN3O3/c1-25-13-17-15-29-30(20-7-5-19(27)6-8-20)21(17)12-18(25)9-10-26(25,16-31)14-22(32)24-23(33-2)4-3-11-28-24/h3-8,11-12,15,22,31-32H,9-10,13-14,16H2,1-2H3. The molecule has 0 saturated heterocycles. The number of benzene rings is 1. The van der Waals surface area contributed by atoms with E-state index in [-0.39, 0.29) is 17.8 Å². The third kappa shape index (κ3) is 3.38. The highest BCUT2D eigenvalue weighted by Crippen LogP contribution is 2.62. The Hall–Kier alpha value is -3.03. The fourth-order valence-electron chi connectivity index (χ4n) is 5.75. The lowest BCUT2D eigenvalue weighted by Crippen LogP contribution is -2.43. The summed E-state index contributed by atoms with van der Waals surface area (Å²) in [4.78, 5) is 4.35. The molecular weight excluding hydrogens is 421 g/mol. The number of ether oxygens (including phenoxy) is 1. The summed E-state index contributed by atoms with van der Waals surface area (Å²) in [6.07, 6.45) is 7.51. The van der Waals surface area contributed by atoms with E-state index in [1.165, 1.54) is 17.7 Å². The molecule has 0 amide bonds. The smallest absolute Gasteiger partial charge is 0.143 e. The molecule has 1 fully saturated rings. The number of aliphatic hydroxyl groups is 2. The monoisotopic (exact) mass is 449 g/mol. The van der Waals surface area contributed by atoms with Crippen molar-refractivity contribution in [2.45, 2.75) is 38.7 Å². The Morgan fingerprint density at radius 2 is 2.03 bits per heavy atom. The van der Waals surface area contributed by atoms with Gasteiger partial charge in [-0.1, -0.05) is 12.5 Å². The SMILES string of the molecule is COc1cccnc1C(O)CC1(CO)CCC2=Cc3c(cnn3-c3ccc(F)cc3)CC21C. The van der Waals surface area contributed by atoms with E-state index >= 15 is 0 Å². The first kappa shape index (κ1) is 21.8. The summed E-state index contributed by atoms with van der Waals surface area (Å²) in [6, 6.07) is 9.87. The highest BCUT2D eigenvalue weighted by molar-refractivity contribution is 5.62. The lowest BCUT2D eigenvalue weighted by molar-refractivity contribution is -0.0155. The van der Waals surface area contributed by atoms with E-state index in [0.717, 1.165) is 29.8 Å². The summed E-state index contributed by atoms with van der Waals surface area (Å²) < 4.78 is 20.6. The highest BCUT2D eigenvalue weighted by Gasteiger charge is 2.56. The predicted molar refractivity (Wildman–Crippen MR) is 122 cm³/mol. The zero-order valence-corrected chi connectivity index (χ0v) is 18.8. The van der Waals surface area contributed by atoms with Crippen LogP contribution in [0.5, 0.6) is 5.75 Å². The molecule has 0 bridgehead atoms. The molecule has 1 aromatic carbocycles. The average molecular weight is 450 g/mol. The van der Waals surface area contributed by atoms with Crippen LogP contribution in [-0.2, 0) is 6.42 Å². The van der Waals surface area contributed by atoms with Gasteiger partial charge >= 0.3 is 0 Å². The van der Waals surface area contributed by atoms with Gasteiger partial charge in [-0.25, -0.2) is 9.07 Å². The van der Waals surface area contributed by atoms with Crippen molar-refractivity contribution in [3.05, 3.63) is 77.1 Å². The van der Waals surface area contributed by atoms with E-state index < -0.39 is 11.5 Å². The zero-order chi connectivity index (χ0) is 23.2. The second kappa shape index (κ2) is 8.08. The Kier molecular flexibility index (Phi) is 5.34. The molecule has 2 N–H and O–H groups in total. The molecule has 5 rings (SSSR count). The minimum atomic E-state index is -0.854. The zero-order valence-electron chi connectivity index (χ0n) is 18.8. The Labute approximate surface area is 192 Å². The molecule has 0 radical (unpaired) electrons. The molecule has 3 unspecified atom stereocenters. The van der Waals surface area contributed by atoms with Crippen LogP contribution in [-0.4, -0.2) is 38.7 Å². The van der Waals surface area contributed by atoms with Gasteiger partial charge in [0.15, 0.2) is 0 Å². The highest BCUT2D eigenvalue weighted by atomic mass is 19.1. The minimum Gasteiger partial charge on any atom is -0.495 e. The first-order valence-corrected chi connectivity index (χ1v) is 11.2. The quantitative estimate of drug-likeness (QED) is 0.588. The summed E-state index contributed by atoms with van der Waals surface area (Å²) in [5, 5.41) is 26.4. The predicted octanol–water partition coefficient (Wildman–Crippen LogP) is 4.26. The van der Waals surface area contributed by atoms with Gasteiger partial charge in [0.1, 0.15) is 23.4 Å². The number of hydrogen-bond acceptors (Lipinski definition) is 5. The van der Waals surface area contributed by atoms with E-state index in [4.69, 9.17) is 4.74 Å². The van der Waals surface area contributed by atoms with Crippen molar-refractivity contribution in [1.29, 1.82) is 0 Å². The maximum absolute atomic E-state index is 13.4. The Bertz CT molecular complexity index is 1210. The minimum absolute atomic E-state index is 0.0333. The van der Waals surface area contributed by atoms with Crippen molar-refractivity contribution in [2.75, 3.05) is 13.7 Å². The van der Waals surface area contributed by atoms with Crippen LogP contribution in [0.1, 0.15) is 49.2 Å². The van der Waals surface area contributed by atoms with Gasteiger partial charge in [0.2, 0.25) is 0 Å². The lowest BCUT2D eigenvalue weighted by atomic mass is 9.59. The van der Waals surface area contributed by atoms with Crippen LogP contribution < -0.4 is 4.74 Å². The van der Waals surface area contributed by atoms with Crippen LogP contribution in [0, 0.1) is 16.6 Å². The molecule has 3 aromatic rings. The number of rotatable bonds is 6. The van der Waals surface area contributed by atoms with Crippen molar-refractivity contribution >= 4 is 6.08 Å². The van der Waals surface area contributed by atoms with Gasteiger partial charge in [0.05, 0.1) is 24.7 Å². The second-order valence-corrected chi connectivity index (χ2v) is 9.37. The lowest BCUT2D eigenvalue weighted by Gasteiger charge is -2.46. The van der Waals surface area contributed by atoms with E-state index in [0.29, 0.717) is 24.3 Å². The van der Waals surface area contributed by atoms with Gasteiger partial charge in [-0.3, -0.25) is 4.98 Å². The van der Waals surface area contributed by atoms with E-state index in [2.05, 4.69) is 23.1 Å². The van der Waals surface area contributed by atoms with Gasteiger partial charge in [-0.05, 0) is 73.7 Å². The maximum atomic E-state index is 13.4. The molecule has 1 saturated carbocycles. The van der Waals surface area contributed by atoms with Gasteiger partial charge < -0.3 is 14.9 Å². The van der Waals surface area contributed by atoms with Crippen molar-refractivity contribution in [1.82, 2.24) is 14.8 Å². The molecule has 3 atom stereocenters. The van der Waals surface area contributed by atoms with Gasteiger partial charge in [0.25, 0.3) is 0 Å². The number of aromatic nitrogens is 3. The van der Waals surface area contributed by atoms with E-state index in [1.807, 2.05) is 10.9 Å².